The Morgan fingerprint density at radius 2 is 2.21 bits per heavy atom. The molecule has 2 aromatic rings. The Balaban J connectivity index is 0.00000225. The van der Waals surface area contributed by atoms with Gasteiger partial charge in [-0.15, -0.1) is 12.4 Å². The average molecular weight is 407 g/mol. The maximum atomic E-state index is 13.2. The van der Waals surface area contributed by atoms with Crippen molar-refractivity contribution >= 4 is 24.0 Å². The summed E-state index contributed by atoms with van der Waals surface area (Å²) in [6, 6.07) is 9.40. The molecule has 4 rings (SSSR count). The fourth-order valence-corrected chi connectivity index (χ4v) is 3.80. The molecule has 7 nitrogen and oxygen atoms in total. The Bertz CT molecular complexity index is 757. The maximum absolute atomic E-state index is 13.2. The Hall–Kier alpha value is -2.09. The summed E-state index contributed by atoms with van der Waals surface area (Å²) in [6.07, 6.45) is 7.29. The third-order valence-electron chi connectivity index (χ3n) is 5.35. The minimum Gasteiger partial charge on any atom is -0.491 e. The zero-order chi connectivity index (χ0) is 18.5. The van der Waals surface area contributed by atoms with Crippen LogP contribution in [0.3, 0.4) is 0 Å². The average Bonchev–Trinajstić information content (AvgIpc) is 3.41. The van der Waals surface area contributed by atoms with E-state index in [9.17, 15) is 4.79 Å². The Labute approximate surface area is 171 Å². The number of hydrogen-bond donors (Lipinski definition) is 2. The first-order chi connectivity index (χ1) is 13.3. The summed E-state index contributed by atoms with van der Waals surface area (Å²) in [7, 11) is 0. The number of benzene rings is 1. The highest BCUT2D eigenvalue weighted by molar-refractivity contribution is 5.96. The van der Waals surface area contributed by atoms with Gasteiger partial charge in [0, 0.05) is 30.8 Å². The molecule has 1 amide bonds. The van der Waals surface area contributed by atoms with Gasteiger partial charge < -0.3 is 20.1 Å². The number of piperidine rings is 1. The van der Waals surface area contributed by atoms with Crippen molar-refractivity contribution in [3.05, 3.63) is 42.7 Å². The smallest absolute Gasteiger partial charge is 0.252 e. The van der Waals surface area contributed by atoms with E-state index < -0.39 is 5.54 Å². The van der Waals surface area contributed by atoms with Gasteiger partial charge in [-0.05, 0) is 57.0 Å². The second-order valence-corrected chi connectivity index (χ2v) is 7.16. The van der Waals surface area contributed by atoms with Crippen molar-refractivity contribution in [2.24, 2.45) is 0 Å². The fraction of sp³-hybridized carbons (Fsp3) is 0.500. The van der Waals surface area contributed by atoms with Crippen molar-refractivity contribution in [2.45, 2.75) is 37.3 Å². The van der Waals surface area contributed by atoms with E-state index in [1.54, 1.807) is 10.9 Å². The largest absolute Gasteiger partial charge is 0.491 e. The monoisotopic (exact) mass is 406 g/mol. The van der Waals surface area contributed by atoms with Gasteiger partial charge in [0.1, 0.15) is 17.9 Å². The zero-order valence-electron chi connectivity index (χ0n) is 15.8. The van der Waals surface area contributed by atoms with Crippen molar-refractivity contribution in [3.8, 4) is 5.75 Å². The lowest BCUT2D eigenvalue weighted by atomic mass is 9.87. The molecule has 2 aliphatic heterocycles. The van der Waals surface area contributed by atoms with E-state index in [1.165, 1.54) is 0 Å². The normalized spacial score (nSPS) is 20.9. The van der Waals surface area contributed by atoms with E-state index in [0.717, 1.165) is 44.0 Å². The molecule has 1 unspecified atom stereocenters. The first-order valence-electron chi connectivity index (χ1n) is 9.63. The van der Waals surface area contributed by atoms with E-state index in [4.69, 9.17) is 9.47 Å². The Morgan fingerprint density at radius 3 is 2.93 bits per heavy atom. The van der Waals surface area contributed by atoms with E-state index >= 15 is 0 Å². The molecule has 28 heavy (non-hydrogen) atoms. The fourth-order valence-electron chi connectivity index (χ4n) is 3.80. The van der Waals surface area contributed by atoms with Gasteiger partial charge in [0.25, 0.3) is 5.91 Å². The lowest BCUT2D eigenvalue weighted by Crippen LogP contribution is -2.52. The number of carbonyl (C=O) groups excluding carboxylic acids is 1. The number of nitrogens with one attached hydrogen (secondary N) is 2. The maximum Gasteiger partial charge on any atom is 0.252 e. The number of amides is 1. The van der Waals surface area contributed by atoms with Crippen molar-refractivity contribution in [1.29, 1.82) is 0 Å². The second kappa shape index (κ2) is 9.41. The number of hydrogen-bond acceptors (Lipinski definition) is 5. The van der Waals surface area contributed by atoms with Crippen molar-refractivity contribution < 1.29 is 14.3 Å². The summed E-state index contributed by atoms with van der Waals surface area (Å²) in [5, 5.41) is 10.7. The quantitative estimate of drug-likeness (QED) is 0.771. The third-order valence-corrected chi connectivity index (χ3v) is 5.35. The molecule has 1 atom stereocenters. The number of nitrogens with zero attached hydrogens (tertiary/aromatic N) is 2. The van der Waals surface area contributed by atoms with Crippen molar-refractivity contribution in [1.82, 2.24) is 15.1 Å². The number of aromatic nitrogens is 2. The minimum absolute atomic E-state index is 0. The second-order valence-electron chi connectivity index (χ2n) is 7.16. The van der Waals surface area contributed by atoms with Gasteiger partial charge >= 0.3 is 0 Å². The van der Waals surface area contributed by atoms with Crippen LogP contribution in [0.1, 0.15) is 25.7 Å². The summed E-state index contributed by atoms with van der Waals surface area (Å²) in [4.78, 5) is 13.2. The molecular formula is C20H27ClN4O3. The van der Waals surface area contributed by atoms with E-state index in [2.05, 4.69) is 15.7 Å². The summed E-state index contributed by atoms with van der Waals surface area (Å²) < 4.78 is 13.2. The molecule has 0 radical (unpaired) electrons. The van der Waals surface area contributed by atoms with Crippen LogP contribution in [0.15, 0.2) is 42.7 Å². The van der Waals surface area contributed by atoms with E-state index in [0.29, 0.717) is 19.4 Å². The number of ether oxygens (including phenoxy) is 2. The topological polar surface area (TPSA) is 77.4 Å². The Morgan fingerprint density at radius 1 is 1.36 bits per heavy atom. The highest BCUT2D eigenvalue weighted by atomic mass is 35.5. The molecule has 1 aromatic heterocycles. The number of rotatable bonds is 6. The first-order valence-corrected chi connectivity index (χ1v) is 9.63. The first kappa shape index (κ1) is 20.6. The van der Waals surface area contributed by atoms with Gasteiger partial charge in [0.15, 0.2) is 0 Å². The van der Waals surface area contributed by atoms with Crippen LogP contribution in [-0.4, -0.2) is 48.1 Å². The number of carbonyl (C=O) groups is 1. The molecule has 1 aromatic carbocycles. The van der Waals surface area contributed by atoms with Gasteiger partial charge in [0.05, 0.1) is 6.10 Å². The number of anilines is 1. The lowest BCUT2D eigenvalue weighted by Gasteiger charge is -2.36. The molecular weight excluding hydrogens is 380 g/mol. The minimum atomic E-state index is -0.663. The zero-order valence-corrected chi connectivity index (χ0v) is 16.6. The highest BCUT2D eigenvalue weighted by Gasteiger charge is 2.42. The SMILES string of the molecule is Cl.O=C(Nc1cccc(OCC2CCCO2)c1)C1(n2cccn2)CCNCC1. The molecule has 2 saturated heterocycles. The molecule has 0 saturated carbocycles. The standard InChI is InChI=1S/C20H26N4O3.ClH/c25-19(20(7-10-21-11-8-20)24-12-3-9-22-24)23-16-4-1-5-17(14-16)27-15-18-6-2-13-26-18;/h1,3-5,9,12,14,18,21H,2,6-8,10-11,13,15H2,(H,23,25);1H. The van der Waals surface area contributed by atoms with Crippen LogP contribution in [0.5, 0.6) is 5.75 Å². The van der Waals surface area contributed by atoms with Crippen molar-refractivity contribution in [3.63, 3.8) is 0 Å². The molecule has 3 heterocycles. The van der Waals surface area contributed by atoms with Crippen LogP contribution in [-0.2, 0) is 15.1 Å². The van der Waals surface area contributed by atoms with Gasteiger partial charge in [-0.1, -0.05) is 6.07 Å². The van der Waals surface area contributed by atoms with Gasteiger partial charge in [-0.25, -0.2) is 0 Å². The van der Waals surface area contributed by atoms with Crippen molar-refractivity contribution in [2.75, 3.05) is 31.6 Å². The number of halogens is 1. The predicted octanol–water partition coefficient (Wildman–Crippen LogP) is 2.58. The molecule has 0 aliphatic carbocycles. The van der Waals surface area contributed by atoms with Crippen LogP contribution in [0.25, 0.3) is 0 Å². The van der Waals surface area contributed by atoms with Crippen LogP contribution < -0.4 is 15.4 Å². The van der Waals surface area contributed by atoms with Crippen LogP contribution in [0, 0.1) is 0 Å². The van der Waals surface area contributed by atoms with Gasteiger partial charge in [-0.2, -0.15) is 5.10 Å². The predicted molar refractivity (Wildman–Crippen MR) is 109 cm³/mol. The third kappa shape index (κ3) is 4.48. The van der Waals surface area contributed by atoms with E-state index in [1.807, 2.05) is 36.5 Å². The van der Waals surface area contributed by atoms with Crippen LogP contribution in [0.4, 0.5) is 5.69 Å². The molecule has 8 heteroatoms. The molecule has 2 N–H and O–H groups in total. The summed E-state index contributed by atoms with van der Waals surface area (Å²) >= 11 is 0. The van der Waals surface area contributed by atoms with E-state index in [-0.39, 0.29) is 24.4 Å². The molecule has 0 bridgehead atoms. The highest BCUT2D eigenvalue weighted by Crippen LogP contribution is 2.29. The Kier molecular flexibility index (Phi) is 6.93. The van der Waals surface area contributed by atoms with Crippen LogP contribution in [0.2, 0.25) is 0 Å². The molecule has 0 spiro atoms. The molecule has 2 fully saturated rings. The molecule has 152 valence electrons. The summed E-state index contributed by atoms with van der Waals surface area (Å²) in [6.45, 7) is 2.93. The lowest BCUT2D eigenvalue weighted by molar-refractivity contribution is -0.126. The molecule has 2 aliphatic rings. The summed E-state index contributed by atoms with van der Waals surface area (Å²) in [5.74, 6) is 0.700. The van der Waals surface area contributed by atoms with Gasteiger partial charge in [0.2, 0.25) is 0 Å². The van der Waals surface area contributed by atoms with Crippen LogP contribution >= 0.6 is 12.4 Å². The van der Waals surface area contributed by atoms with Gasteiger partial charge in [-0.3, -0.25) is 9.48 Å². The summed E-state index contributed by atoms with van der Waals surface area (Å²) in [5.41, 5.74) is 0.0680.